The number of benzene rings is 1. The van der Waals surface area contributed by atoms with Crippen molar-refractivity contribution in [3.8, 4) is 0 Å². The molecule has 0 unspecified atom stereocenters. The van der Waals surface area contributed by atoms with Gasteiger partial charge < -0.3 is 30.6 Å². The number of unbranched alkanes of at least 4 members (excludes halogenated alkanes) is 24. The van der Waals surface area contributed by atoms with Crippen molar-refractivity contribution in [2.45, 2.75) is 213 Å². The predicted molar refractivity (Wildman–Crippen MR) is 226 cm³/mol. The number of aromatic carboxylic acids is 3. The zero-order valence-electron chi connectivity index (χ0n) is 35.6. The molecular formula is C45H78O12. The molecule has 57 heavy (non-hydrogen) atoms. The lowest BCUT2D eigenvalue weighted by Gasteiger charge is -2.00. The smallest absolute Gasteiger partial charge is 0.335 e. The Balaban J connectivity index is -0.000000683. The molecule has 0 heterocycles. The second-order valence-corrected chi connectivity index (χ2v) is 14.6. The molecule has 0 aliphatic carbocycles. The molecule has 6 N–H and O–H groups in total. The quantitative estimate of drug-likeness (QED) is 0.0365. The van der Waals surface area contributed by atoms with Gasteiger partial charge >= 0.3 is 35.8 Å². The van der Waals surface area contributed by atoms with Gasteiger partial charge in [-0.3, -0.25) is 14.4 Å². The molecule has 0 spiro atoms. The molecule has 12 heteroatoms. The summed E-state index contributed by atoms with van der Waals surface area (Å²) in [4.78, 5) is 62.3. The molecule has 0 saturated heterocycles. The molecule has 0 aromatic heterocycles. The Bertz CT molecular complexity index is 1030. The van der Waals surface area contributed by atoms with E-state index in [0.717, 1.165) is 56.7 Å². The van der Waals surface area contributed by atoms with Gasteiger partial charge in [-0.1, -0.05) is 175 Å². The highest BCUT2D eigenvalue weighted by molar-refractivity contribution is 5.98. The van der Waals surface area contributed by atoms with Crippen LogP contribution in [-0.4, -0.2) is 66.5 Å². The lowest BCUT2D eigenvalue weighted by Crippen LogP contribution is -2.07. The Morgan fingerprint density at radius 1 is 0.298 bits per heavy atom. The first kappa shape index (κ1) is 57.4. The zero-order valence-corrected chi connectivity index (χ0v) is 35.6. The molecule has 0 radical (unpaired) electrons. The van der Waals surface area contributed by atoms with Gasteiger partial charge in [0.15, 0.2) is 0 Å². The van der Waals surface area contributed by atoms with E-state index >= 15 is 0 Å². The van der Waals surface area contributed by atoms with Crippen LogP contribution in [0.1, 0.15) is 244 Å². The van der Waals surface area contributed by atoms with Crippen LogP contribution in [0.25, 0.3) is 0 Å². The van der Waals surface area contributed by atoms with Crippen molar-refractivity contribution in [1.29, 1.82) is 0 Å². The van der Waals surface area contributed by atoms with Gasteiger partial charge in [0, 0.05) is 19.3 Å². The van der Waals surface area contributed by atoms with Crippen LogP contribution < -0.4 is 0 Å². The van der Waals surface area contributed by atoms with Crippen molar-refractivity contribution in [3.05, 3.63) is 34.9 Å². The number of carboxylic acids is 6. The zero-order chi connectivity index (χ0) is 43.5. The first-order valence-electron chi connectivity index (χ1n) is 21.7. The SMILES string of the molecule is CCCCCCCCCCCC(=O)O.CCCCCCCCCCCC(=O)O.CCCCCCCCCCCC(=O)O.O=C(O)c1cc(C(=O)O)cc(C(=O)O)c1. The molecule has 1 rings (SSSR count). The van der Waals surface area contributed by atoms with E-state index in [1.54, 1.807) is 0 Å². The van der Waals surface area contributed by atoms with Crippen molar-refractivity contribution in [1.82, 2.24) is 0 Å². The summed E-state index contributed by atoms with van der Waals surface area (Å²) in [5, 5.41) is 51.1. The number of rotatable bonds is 33. The fourth-order valence-electron chi connectivity index (χ4n) is 5.76. The Morgan fingerprint density at radius 2 is 0.456 bits per heavy atom. The van der Waals surface area contributed by atoms with Crippen LogP contribution in [0.15, 0.2) is 18.2 Å². The van der Waals surface area contributed by atoms with Gasteiger partial charge in [0.2, 0.25) is 0 Å². The first-order valence-corrected chi connectivity index (χ1v) is 21.7. The highest BCUT2D eigenvalue weighted by Gasteiger charge is 2.14. The minimum atomic E-state index is -1.37. The summed E-state index contributed by atoms with van der Waals surface area (Å²) in [6, 6.07) is 2.70. The largest absolute Gasteiger partial charge is 0.481 e. The van der Waals surface area contributed by atoms with Crippen molar-refractivity contribution >= 4 is 35.8 Å². The summed E-state index contributed by atoms with van der Waals surface area (Å²) in [5.74, 6) is -6.10. The molecule has 1 aromatic rings. The van der Waals surface area contributed by atoms with Crippen LogP contribution in [0.5, 0.6) is 0 Å². The van der Waals surface area contributed by atoms with Crippen LogP contribution in [0, 0.1) is 0 Å². The fourth-order valence-corrected chi connectivity index (χ4v) is 5.76. The average molecular weight is 811 g/mol. The van der Waals surface area contributed by atoms with E-state index < -0.39 is 35.8 Å². The van der Waals surface area contributed by atoms with Gasteiger partial charge in [-0.15, -0.1) is 0 Å². The van der Waals surface area contributed by atoms with Gasteiger partial charge in [-0.2, -0.15) is 0 Å². The molecule has 0 aliphatic rings. The maximum atomic E-state index is 10.6. The van der Waals surface area contributed by atoms with Crippen LogP contribution in [-0.2, 0) is 14.4 Å². The van der Waals surface area contributed by atoms with Gasteiger partial charge in [0.05, 0.1) is 16.7 Å². The summed E-state index contributed by atoms with van der Waals surface area (Å²) in [5.41, 5.74) is -1.10. The second kappa shape index (κ2) is 43.2. The van der Waals surface area contributed by atoms with Crippen molar-refractivity contribution in [3.63, 3.8) is 0 Å². The topological polar surface area (TPSA) is 224 Å². The van der Waals surface area contributed by atoms with Crippen molar-refractivity contribution in [2.24, 2.45) is 0 Å². The number of carbonyl (C=O) groups is 6. The highest BCUT2D eigenvalue weighted by atomic mass is 16.4. The normalized spacial score (nSPS) is 10.2. The molecule has 0 aliphatic heterocycles. The van der Waals surface area contributed by atoms with Crippen molar-refractivity contribution in [2.75, 3.05) is 0 Å². The predicted octanol–water partition coefficient (Wildman–Crippen LogP) is 12.8. The van der Waals surface area contributed by atoms with E-state index in [-0.39, 0.29) is 16.7 Å². The molecule has 0 bridgehead atoms. The molecular weight excluding hydrogens is 732 g/mol. The average Bonchev–Trinajstić information content (AvgIpc) is 3.16. The lowest BCUT2D eigenvalue weighted by atomic mass is 10.1. The van der Waals surface area contributed by atoms with Crippen LogP contribution >= 0.6 is 0 Å². The van der Waals surface area contributed by atoms with E-state index in [1.165, 1.54) is 135 Å². The van der Waals surface area contributed by atoms with E-state index in [0.29, 0.717) is 19.3 Å². The Labute approximate surface area is 342 Å². The second-order valence-electron chi connectivity index (χ2n) is 14.6. The number of aliphatic carboxylic acids is 3. The van der Waals surface area contributed by atoms with E-state index in [4.69, 9.17) is 30.6 Å². The summed E-state index contributed by atoms with van der Waals surface area (Å²) in [6.45, 7) is 6.68. The van der Waals surface area contributed by atoms with Gasteiger partial charge in [-0.05, 0) is 37.5 Å². The minimum Gasteiger partial charge on any atom is -0.481 e. The Kier molecular flexibility index (Phi) is 43.4. The summed E-state index contributed by atoms with van der Waals surface area (Å²) in [6.07, 6.45) is 34.4. The van der Waals surface area contributed by atoms with Crippen LogP contribution in [0.4, 0.5) is 0 Å². The highest BCUT2D eigenvalue weighted by Crippen LogP contribution is 2.13. The molecule has 330 valence electrons. The molecule has 0 amide bonds. The summed E-state index contributed by atoms with van der Waals surface area (Å²) in [7, 11) is 0. The third-order valence-corrected chi connectivity index (χ3v) is 9.16. The molecule has 0 saturated carbocycles. The summed E-state index contributed by atoms with van der Waals surface area (Å²) < 4.78 is 0. The van der Waals surface area contributed by atoms with Crippen molar-refractivity contribution < 1.29 is 59.4 Å². The van der Waals surface area contributed by atoms with Crippen LogP contribution in [0.2, 0.25) is 0 Å². The molecule has 12 nitrogen and oxygen atoms in total. The van der Waals surface area contributed by atoms with Crippen LogP contribution in [0.3, 0.4) is 0 Å². The number of hydrogen-bond acceptors (Lipinski definition) is 6. The monoisotopic (exact) mass is 811 g/mol. The van der Waals surface area contributed by atoms with Gasteiger partial charge in [0.25, 0.3) is 0 Å². The Morgan fingerprint density at radius 3 is 0.596 bits per heavy atom. The number of carboxylic acid groups (broad SMARTS) is 6. The fraction of sp³-hybridized carbons (Fsp3) is 0.733. The third kappa shape index (κ3) is 46.3. The first-order chi connectivity index (χ1) is 27.2. The molecule has 1 aromatic carbocycles. The summed E-state index contributed by atoms with van der Waals surface area (Å²) >= 11 is 0. The van der Waals surface area contributed by atoms with E-state index in [9.17, 15) is 28.8 Å². The Hall–Kier alpha value is -3.96. The molecule has 0 fully saturated rings. The van der Waals surface area contributed by atoms with Gasteiger partial charge in [0.1, 0.15) is 0 Å². The van der Waals surface area contributed by atoms with E-state index in [2.05, 4.69) is 20.8 Å². The maximum Gasteiger partial charge on any atom is 0.335 e. The minimum absolute atomic E-state index is 0.343. The lowest BCUT2D eigenvalue weighted by molar-refractivity contribution is -0.138. The maximum absolute atomic E-state index is 10.6. The third-order valence-electron chi connectivity index (χ3n) is 9.16. The standard InChI is InChI=1S/3C12H24O2.C9H6O6/c3*1-2-3-4-5-6-7-8-9-10-11-12(13)14;10-7(11)4-1-5(8(12)13)3-6(2-4)9(14)15/h3*2-11H2,1H3,(H,13,14);1-3H,(H,10,11)(H,12,13)(H,14,15). The molecule has 0 atom stereocenters. The number of hydrogen-bond donors (Lipinski definition) is 6. The van der Waals surface area contributed by atoms with E-state index in [1.807, 2.05) is 0 Å². The van der Waals surface area contributed by atoms with Gasteiger partial charge in [-0.25, -0.2) is 14.4 Å².